The van der Waals surface area contributed by atoms with E-state index in [1.807, 2.05) is 6.92 Å². The Balaban J connectivity index is 2.25. The highest BCUT2D eigenvalue weighted by Gasteiger charge is 2.27. The van der Waals surface area contributed by atoms with E-state index < -0.39 is 18.5 Å². The van der Waals surface area contributed by atoms with Crippen molar-refractivity contribution in [1.29, 1.82) is 0 Å². The van der Waals surface area contributed by atoms with Gasteiger partial charge in [-0.2, -0.15) is 8.78 Å². The van der Waals surface area contributed by atoms with Crippen molar-refractivity contribution in [3.05, 3.63) is 52.2 Å². The number of aromatic nitrogens is 1. The van der Waals surface area contributed by atoms with Gasteiger partial charge in [-0.15, -0.1) is 0 Å². The highest BCUT2D eigenvalue weighted by atomic mass is 35.5. The zero-order valence-electron chi connectivity index (χ0n) is 18.7. The lowest BCUT2D eigenvalue weighted by molar-refractivity contribution is -0.131. The number of carbonyl (C=O) groups is 2. The Morgan fingerprint density at radius 2 is 1.82 bits per heavy atom. The van der Waals surface area contributed by atoms with Crippen LogP contribution in [0.25, 0.3) is 10.9 Å². The first-order chi connectivity index (χ1) is 15.7. The number of hydrogen-bond acceptors (Lipinski definition) is 5. The molecule has 0 atom stereocenters. The number of benzene rings is 2. The second kappa shape index (κ2) is 10.2. The normalized spacial score (nSPS) is 11.2. The first kappa shape index (κ1) is 24.5. The number of nitrogens with zero attached hydrogens (tertiary/aromatic N) is 1. The van der Waals surface area contributed by atoms with Crippen LogP contribution in [0.3, 0.4) is 0 Å². The van der Waals surface area contributed by atoms with E-state index in [9.17, 15) is 18.4 Å². The summed E-state index contributed by atoms with van der Waals surface area (Å²) in [5.41, 5.74) is 1.83. The van der Waals surface area contributed by atoms with E-state index in [0.717, 1.165) is 18.4 Å². The second-order valence-corrected chi connectivity index (χ2v) is 7.83. The molecule has 6 nitrogen and oxygen atoms in total. The topological polar surface area (TPSA) is 66.8 Å². The number of aryl methyl sites for hydroxylation is 1. The fraction of sp³-hybridized carbons (Fsp3) is 0.333. The van der Waals surface area contributed by atoms with Crippen molar-refractivity contribution in [3.8, 4) is 17.2 Å². The lowest BCUT2D eigenvalue weighted by Gasteiger charge is -2.14. The summed E-state index contributed by atoms with van der Waals surface area (Å²) < 4.78 is 41.7. The molecule has 0 bridgehead atoms. The molecule has 0 aliphatic carbocycles. The number of fused-ring (bicyclic) bond motifs is 1. The van der Waals surface area contributed by atoms with Gasteiger partial charge in [-0.25, -0.2) is 0 Å². The number of rotatable bonds is 8. The van der Waals surface area contributed by atoms with Crippen LogP contribution >= 0.6 is 11.6 Å². The molecule has 33 heavy (non-hydrogen) atoms. The van der Waals surface area contributed by atoms with Gasteiger partial charge >= 0.3 is 12.6 Å². The van der Waals surface area contributed by atoms with Gasteiger partial charge in [0.1, 0.15) is 11.5 Å². The van der Waals surface area contributed by atoms with Crippen molar-refractivity contribution >= 4 is 34.4 Å². The van der Waals surface area contributed by atoms with Gasteiger partial charge in [0.05, 0.1) is 28.7 Å². The van der Waals surface area contributed by atoms with Crippen LogP contribution in [-0.4, -0.2) is 30.2 Å². The summed E-state index contributed by atoms with van der Waals surface area (Å²) in [4.78, 5) is 25.3. The first-order valence-electron chi connectivity index (χ1n) is 10.4. The number of carbonyl (C=O) groups excluding carboxylic acids is 2. The van der Waals surface area contributed by atoms with E-state index in [0.29, 0.717) is 33.8 Å². The number of unbranched alkanes of at least 4 members (excludes halogenated alkanes) is 1. The Kier molecular flexibility index (Phi) is 7.58. The zero-order chi connectivity index (χ0) is 24.3. The van der Waals surface area contributed by atoms with E-state index in [2.05, 4.69) is 4.74 Å². The van der Waals surface area contributed by atoms with Crippen LogP contribution in [0.15, 0.2) is 30.3 Å². The van der Waals surface area contributed by atoms with Crippen molar-refractivity contribution in [2.75, 3.05) is 7.11 Å². The summed E-state index contributed by atoms with van der Waals surface area (Å²) in [5, 5.41) is 0.890. The minimum Gasteiger partial charge on any atom is -0.495 e. The van der Waals surface area contributed by atoms with Crippen molar-refractivity contribution in [2.24, 2.45) is 0 Å². The summed E-state index contributed by atoms with van der Waals surface area (Å²) in [6.07, 6.45) is 2.34. The van der Waals surface area contributed by atoms with Crippen molar-refractivity contribution in [1.82, 2.24) is 4.57 Å². The molecule has 0 unspecified atom stereocenters. The Hall–Kier alpha value is -3.13. The predicted octanol–water partition coefficient (Wildman–Crippen LogP) is 6.17. The van der Waals surface area contributed by atoms with Crippen LogP contribution in [-0.2, 0) is 11.2 Å². The molecular weight excluding hydrogens is 456 g/mol. The number of methoxy groups -OCH3 is 1. The molecule has 0 radical (unpaired) electrons. The molecular formula is C24H24ClF2NO5. The van der Waals surface area contributed by atoms with Crippen LogP contribution in [0.5, 0.6) is 17.2 Å². The van der Waals surface area contributed by atoms with Crippen LogP contribution in [0.1, 0.15) is 48.3 Å². The van der Waals surface area contributed by atoms with Crippen molar-refractivity contribution < 1.29 is 32.6 Å². The van der Waals surface area contributed by atoms with Gasteiger partial charge in [0.2, 0.25) is 0 Å². The average Bonchev–Trinajstić information content (AvgIpc) is 3.01. The molecule has 0 aliphatic rings. The molecule has 0 aliphatic heterocycles. The first-order valence-corrected chi connectivity index (χ1v) is 10.8. The molecule has 0 fully saturated rings. The summed E-state index contributed by atoms with van der Waals surface area (Å²) in [6.45, 7) is 2.02. The third-order valence-corrected chi connectivity index (χ3v) is 5.48. The summed E-state index contributed by atoms with van der Waals surface area (Å²) >= 11 is 6.50. The minimum atomic E-state index is -2.97. The number of halogens is 3. The van der Waals surface area contributed by atoms with Crippen molar-refractivity contribution in [3.63, 3.8) is 0 Å². The lowest BCUT2D eigenvalue weighted by Crippen LogP contribution is -2.14. The van der Waals surface area contributed by atoms with E-state index in [1.165, 1.54) is 42.9 Å². The molecule has 0 N–H and O–H groups in total. The molecule has 9 heteroatoms. The number of esters is 1. The van der Waals surface area contributed by atoms with Crippen LogP contribution < -0.4 is 14.2 Å². The Labute approximate surface area is 195 Å². The van der Waals surface area contributed by atoms with E-state index in [1.54, 1.807) is 13.0 Å². The molecule has 2 aromatic carbocycles. The Bertz CT molecular complexity index is 1190. The van der Waals surface area contributed by atoms with E-state index in [4.69, 9.17) is 21.1 Å². The highest BCUT2D eigenvalue weighted by molar-refractivity contribution is 6.33. The number of ether oxygens (including phenoxy) is 3. The molecule has 1 aromatic heterocycles. The number of alkyl halides is 2. The highest BCUT2D eigenvalue weighted by Crippen LogP contribution is 2.44. The maximum atomic E-state index is 13.5. The largest absolute Gasteiger partial charge is 0.495 e. The average molecular weight is 480 g/mol. The van der Waals surface area contributed by atoms with Crippen LogP contribution in [0.4, 0.5) is 8.78 Å². The zero-order valence-corrected chi connectivity index (χ0v) is 19.5. The third-order valence-electron chi connectivity index (χ3n) is 5.20. The monoisotopic (exact) mass is 479 g/mol. The molecule has 3 rings (SSSR count). The molecule has 0 amide bonds. The minimum absolute atomic E-state index is 0.0640. The third kappa shape index (κ3) is 4.95. The van der Waals surface area contributed by atoms with Crippen molar-refractivity contribution in [2.45, 2.75) is 46.6 Å². The van der Waals surface area contributed by atoms with Gasteiger partial charge in [0.25, 0.3) is 5.91 Å². The quantitative estimate of drug-likeness (QED) is 0.361. The molecule has 1 heterocycles. The van der Waals surface area contributed by atoms with Gasteiger partial charge in [0, 0.05) is 18.1 Å². The number of hydrogen-bond donors (Lipinski definition) is 0. The fourth-order valence-electron chi connectivity index (χ4n) is 3.81. The standard InChI is InChI=1S/C24H24ClF2NO5/c1-5-6-7-17-20-19(12-18(25)22(17)31-4)28(13(2)21(20)32-14(3)29)23(30)15-8-10-16(11-9-15)33-24(26)27/h8-12,24H,5-7H2,1-4H3. The molecule has 0 saturated carbocycles. The molecule has 176 valence electrons. The Morgan fingerprint density at radius 1 is 1.15 bits per heavy atom. The molecule has 3 aromatic rings. The second-order valence-electron chi connectivity index (χ2n) is 7.42. The summed E-state index contributed by atoms with van der Waals surface area (Å²) in [5.74, 6) is -0.324. The van der Waals surface area contributed by atoms with E-state index in [-0.39, 0.29) is 17.1 Å². The van der Waals surface area contributed by atoms with Gasteiger partial charge in [-0.3, -0.25) is 14.2 Å². The van der Waals surface area contributed by atoms with Gasteiger partial charge < -0.3 is 14.2 Å². The Morgan fingerprint density at radius 3 is 2.36 bits per heavy atom. The molecule has 0 saturated heterocycles. The predicted molar refractivity (Wildman–Crippen MR) is 121 cm³/mol. The van der Waals surface area contributed by atoms with Gasteiger partial charge in [-0.05, 0) is 50.1 Å². The van der Waals surface area contributed by atoms with Crippen LogP contribution in [0, 0.1) is 6.92 Å². The fourth-order valence-corrected chi connectivity index (χ4v) is 4.11. The maximum Gasteiger partial charge on any atom is 0.387 e. The SMILES string of the molecule is CCCCc1c(OC)c(Cl)cc2c1c(OC(C)=O)c(C)n2C(=O)c1ccc(OC(F)F)cc1. The van der Waals surface area contributed by atoms with E-state index >= 15 is 0 Å². The van der Waals surface area contributed by atoms with Gasteiger partial charge in [-0.1, -0.05) is 24.9 Å². The molecule has 0 spiro atoms. The van der Waals surface area contributed by atoms with Crippen LogP contribution in [0.2, 0.25) is 5.02 Å². The smallest absolute Gasteiger partial charge is 0.387 e. The van der Waals surface area contributed by atoms with Gasteiger partial charge in [0.15, 0.2) is 5.75 Å². The lowest BCUT2D eigenvalue weighted by atomic mass is 10.0. The summed E-state index contributed by atoms with van der Waals surface area (Å²) in [6, 6.07) is 6.95. The maximum absolute atomic E-state index is 13.5. The summed E-state index contributed by atoms with van der Waals surface area (Å²) in [7, 11) is 1.51.